The number of nitrogens with zero attached hydrogens (tertiary/aromatic N) is 1. The normalized spacial score (nSPS) is 19.4. The van der Waals surface area contributed by atoms with Crippen LogP contribution in [0.4, 0.5) is 0 Å². The van der Waals surface area contributed by atoms with Crippen molar-refractivity contribution in [3.8, 4) is 0 Å². The van der Waals surface area contributed by atoms with E-state index in [0.29, 0.717) is 0 Å². The van der Waals surface area contributed by atoms with E-state index in [2.05, 4.69) is 11.8 Å². The van der Waals surface area contributed by atoms with E-state index in [-0.39, 0.29) is 12.6 Å². The third-order valence-corrected chi connectivity index (χ3v) is 2.71. The van der Waals surface area contributed by atoms with Crippen LogP contribution in [0.2, 0.25) is 0 Å². The van der Waals surface area contributed by atoms with Crippen molar-refractivity contribution in [3.05, 3.63) is 0 Å². The molecule has 78 valence electrons. The largest absolute Gasteiger partial charge is 0.395 e. The quantitative estimate of drug-likeness (QED) is 0.606. The maximum atomic E-state index is 8.77. The molecule has 3 nitrogen and oxygen atoms in total. The minimum absolute atomic E-state index is 0.0340. The van der Waals surface area contributed by atoms with Gasteiger partial charge >= 0.3 is 0 Å². The van der Waals surface area contributed by atoms with Crippen LogP contribution in [0.25, 0.3) is 0 Å². The lowest BCUT2D eigenvalue weighted by Gasteiger charge is -2.21. The van der Waals surface area contributed by atoms with Crippen LogP contribution in [0.1, 0.15) is 26.2 Å². The Morgan fingerprint density at radius 2 is 2.23 bits per heavy atom. The van der Waals surface area contributed by atoms with Gasteiger partial charge in [0.15, 0.2) is 0 Å². The van der Waals surface area contributed by atoms with E-state index in [1.54, 1.807) is 0 Å². The summed E-state index contributed by atoms with van der Waals surface area (Å²) in [6.45, 7) is 5.67. The summed E-state index contributed by atoms with van der Waals surface area (Å²) in [5.74, 6) is 0.949. The summed E-state index contributed by atoms with van der Waals surface area (Å²) in [6.07, 6.45) is 3.72. The van der Waals surface area contributed by atoms with E-state index in [4.69, 9.17) is 10.8 Å². The van der Waals surface area contributed by atoms with Crippen molar-refractivity contribution >= 4 is 0 Å². The molecule has 0 aromatic heterocycles. The molecule has 1 rings (SSSR count). The lowest BCUT2D eigenvalue weighted by Crippen LogP contribution is -2.33. The van der Waals surface area contributed by atoms with Crippen LogP contribution in [0.15, 0.2) is 0 Å². The van der Waals surface area contributed by atoms with Gasteiger partial charge in [0.2, 0.25) is 0 Å². The molecule has 0 aromatic carbocycles. The van der Waals surface area contributed by atoms with Gasteiger partial charge in [-0.2, -0.15) is 0 Å². The molecule has 1 aliphatic carbocycles. The maximum Gasteiger partial charge on any atom is 0.0583 e. The molecule has 1 saturated carbocycles. The smallest absolute Gasteiger partial charge is 0.0583 e. The van der Waals surface area contributed by atoms with Gasteiger partial charge < -0.3 is 15.7 Å². The molecule has 1 unspecified atom stereocenters. The molecule has 0 spiro atoms. The molecular weight excluding hydrogens is 164 g/mol. The van der Waals surface area contributed by atoms with E-state index >= 15 is 0 Å². The van der Waals surface area contributed by atoms with Crippen molar-refractivity contribution in [1.82, 2.24) is 4.90 Å². The van der Waals surface area contributed by atoms with Crippen molar-refractivity contribution in [2.45, 2.75) is 32.2 Å². The molecule has 0 aromatic rings. The molecule has 0 radical (unpaired) electrons. The van der Waals surface area contributed by atoms with Crippen LogP contribution >= 0.6 is 0 Å². The first-order valence-corrected chi connectivity index (χ1v) is 5.35. The zero-order valence-electron chi connectivity index (χ0n) is 8.58. The highest BCUT2D eigenvalue weighted by Gasteiger charge is 2.23. The van der Waals surface area contributed by atoms with Crippen molar-refractivity contribution in [2.75, 3.05) is 26.2 Å². The minimum atomic E-state index is -0.0340. The fourth-order valence-electron chi connectivity index (χ4n) is 1.48. The topological polar surface area (TPSA) is 49.5 Å². The summed E-state index contributed by atoms with van der Waals surface area (Å²) in [6, 6.07) is -0.0340. The number of aliphatic hydroxyl groups excluding tert-OH is 1. The van der Waals surface area contributed by atoms with Crippen LogP contribution in [0.5, 0.6) is 0 Å². The summed E-state index contributed by atoms with van der Waals surface area (Å²) >= 11 is 0. The highest BCUT2D eigenvalue weighted by Crippen LogP contribution is 2.29. The Balaban J connectivity index is 2.07. The molecule has 1 fully saturated rings. The molecule has 1 aliphatic rings. The number of aliphatic hydroxyl groups is 1. The van der Waals surface area contributed by atoms with E-state index in [9.17, 15) is 0 Å². The Hall–Kier alpha value is -0.120. The molecule has 0 amide bonds. The van der Waals surface area contributed by atoms with E-state index < -0.39 is 0 Å². The van der Waals surface area contributed by atoms with Crippen LogP contribution in [0.3, 0.4) is 0 Å². The zero-order chi connectivity index (χ0) is 9.68. The summed E-state index contributed by atoms with van der Waals surface area (Å²) in [5, 5.41) is 8.77. The van der Waals surface area contributed by atoms with Gasteiger partial charge in [0, 0.05) is 12.6 Å². The molecule has 0 heterocycles. The fourth-order valence-corrected chi connectivity index (χ4v) is 1.48. The molecule has 3 N–H and O–H groups in total. The van der Waals surface area contributed by atoms with Crippen LogP contribution in [-0.2, 0) is 0 Å². The average molecular weight is 186 g/mol. The van der Waals surface area contributed by atoms with Crippen molar-refractivity contribution < 1.29 is 5.11 Å². The van der Waals surface area contributed by atoms with Crippen LogP contribution in [0, 0.1) is 5.92 Å². The van der Waals surface area contributed by atoms with Crippen molar-refractivity contribution in [2.24, 2.45) is 11.7 Å². The third-order valence-electron chi connectivity index (χ3n) is 2.71. The SMILES string of the molecule is CCN(CCC(N)CO)CC1CC1. The summed E-state index contributed by atoms with van der Waals surface area (Å²) < 4.78 is 0. The monoisotopic (exact) mass is 186 g/mol. The summed E-state index contributed by atoms with van der Waals surface area (Å²) in [5.41, 5.74) is 5.65. The molecule has 0 aliphatic heterocycles. The molecule has 13 heavy (non-hydrogen) atoms. The molecule has 1 atom stereocenters. The lowest BCUT2D eigenvalue weighted by molar-refractivity contribution is 0.224. The predicted octanol–water partition coefficient (Wildman–Crippen LogP) is 0.428. The van der Waals surface area contributed by atoms with Crippen molar-refractivity contribution in [1.29, 1.82) is 0 Å². The second kappa shape index (κ2) is 5.58. The van der Waals surface area contributed by atoms with E-state index in [0.717, 1.165) is 25.4 Å². The Morgan fingerprint density at radius 3 is 2.69 bits per heavy atom. The molecular formula is C10H22N2O. The number of rotatable bonds is 7. The average Bonchev–Trinajstić information content (AvgIpc) is 2.95. The first-order chi connectivity index (χ1) is 6.26. The molecule has 0 bridgehead atoms. The highest BCUT2D eigenvalue weighted by molar-refractivity contribution is 4.77. The number of nitrogens with two attached hydrogens (primary N) is 1. The first-order valence-electron chi connectivity index (χ1n) is 5.35. The molecule has 0 saturated heterocycles. The number of hydrogen-bond acceptors (Lipinski definition) is 3. The van der Waals surface area contributed by atoms with Crippen LogP contribution < -0.4 is 5.73 Å². The lowest BCUT2D eigenvalue weighted by atomic mass is 10.2. The Kier molecular flexibility index (Phi) is 4.70. The van der Waals surface area contributed by atoms with Gasteiger partial charge in [-0.25, -0.2) is 0 Å². The summed E-state index contributed by atoms with van der Waals surface area (Å²) in [7, 11) is 0. The first kappa shape index (κ1) is 11.0. The summed E-state index contributed by atoms with van der Waals surface area (Å²) in [4.78, 5) is 2.44. The number of hydrogen-bond donors (Lipinski definition) is 2. The Bertz CT molecular complexity index is 137. The van der Waals surface area contributed by atoms with Crippen LogP contribution in [-0.4, -0.2) is 42.3 Å². The fraction of sp³-hybridized carbons (Fsp3) is 1.00. The van der Waals surface area contributed by atoms with E-state index in [1.165, 1.54) is 19.4 Å². The Morgan fingerprint density at radius 1 is 1.54 bits per heavy atom. The Labute approximate surface area is 80.9 Å². The molecule has 3 heteroatoms. The van der Waals surface area contributed by atoms with Crippen molar-refractivity contribution in [3.63, 3.8) is 0 Å². The second-order valence-electron chi connectivity index (χ2n) is 4.07. The van der Waals surface area contributed by atoms with Gasteiger partial charge in [-0.05, 0) is 38.3 Å². The standard InChI is InChI=1S/C10H22N2O/c1-2-12(7-9-3-4-9)6-5-10(11)8-13/h9-10,13H,2-8,11H2,1H3. The maximum absolute atomic E-state index is 8.77. The minimum Gasteiger partial charge on any atom is -0.395 e. The van der Waals surface area contributed by atoms with Gasteiger partial charge in [-0.15, -0.1) is 0 Å². The predicted molar refractivity (Wildman–Crippen MR) is 54.5 cm³/mol. The van der Waals surface area contributed by atoms with Gasteiger partial charge in [0.1, 0.15) is 0 Å². The van der Waals surface area contributed by atoms with Gasteiger partial charge in [0.05, 0.1) is 6.61 Å². The second-order valence-corrected chi connectivity index (χ2v) is 4.07. The third kappa shape index (κ3) is 4.60. The highest BCUT2D eigenvalue weighted by atomic mass is 16.3. The zero-order valence-corrected chi connectivity index (χ0v) is 8.58. The van der Waals surface area contributed by atoms with Gasteiger partial charge in [-0.3, -0.25) is 0 Å². The van der Waals surface area contributed by atoms with Gasteiger partial charge in [-0.1, -0.05) is 6.92 Å². The van der Waals surface area contributed by atoms with Gasteiger partial charge in [0.25, 0.3) is 0 Å². The van der Waals surface area contributed by atoms with E-state index in [1.807, 2.05) is 0 Å².